The van der Waals surface area contributed by atoms with E-state index in [4.69, 9.17) is 15.7 Å². The summed E-state index contributed by atoms with van der Waals surface area (Å²) in [5.41, 5.74) is 6.59. The summed E-state index contributed by atoms with van der Waals surface area (Å²) in [5, 5.41) is 12.0. The molecule has 0 spiro atoms. The predicted octanol–water partition coefficient (Wildman–Crippen LogP) is 2.63. The van der Waals surface area contributed by atoms with Crippen molar-refractivity contribution in [2.75, 3.05) is 25.2 Å². The average Bonchev–Trinajstić information content (AvgIpc) is 2.39. The predicted molar refractivity (Wildman–Crippen MR) is 78.0 cm³/mol. The minimum atomic E-state index is 0.159. The molecule has 3 N–H and O–H groups in total. The Kier molecular flexibility index (Phi) is 7.00. The molecular weight excluding hydrogens is 268 g/mol. The zero-order valence-corrected chi connectivity index (χ0v) is 12.2. The zero-order chi connectivity index (χ0) is 13.4. The van der Waals surface area contributed by atoms with Crippen LogP contribution in [-0.2, 0) is 4.74 Å². The van der Waals surface area contributed by atoms with Gasteiger partial charge in [0.05, 0.1) is 6.61 Å². The second-order valence-corrected chi connectivity index (χ2v) is 5.83. The van der Waals surface area contributed by atoms with Crippen molar-refractivity contribution in [2.45, 2.75) is 16.7 Å². The fourth-order valence-electron chi connectivity index (χ4n) is 1.44. The Morgan fingerprint density at radius 3 is 2.61 bits per heavy atom. The van der Waals surface area contributed by atoms with Gasteiger partial charge in [0.2, 0.25) is 0 Å². The molecule has 0 saturated heterocycles. The van der Waals surface area contributed by atoms with E-state index in [0.717, 1.165) is 26.9 Å². The third-order valence-electron chi connectivity index (χ3n) is 2.20. The molecule has 0 saturated carbocycles. The van der Waals surface area contributed by atoms with E-state index in [1.165, 1.54) is 0 Å². The van der Waals surface area contributed by atoms with E-state index in [1.54, 1.807) is 30.6 Å². The number of benzene rings is 1. The van der Waals surface area contributed by atoms with Crippen molar-refractivity contribution in [3.63, 3.8) is 0 Å². The van der Waals surface area contributed by atoms with Crippen LogP contribution >= 0.6 is 23.5 Å². The number of amidine groups is 1. The number of hydrogen-bond donors (Lipinski definition) is 2. The molecule has 0 fully saturated rings. The maximum absolute atomic E-state index is 8.90. The summed E-state index contributed by atoms with van der Waals surface area (Å²) in [6.07, 6.45) is 0. The van der Waals surface area contributed by atoms with Gasteiger partial charge in [-0.05, 0) is 17.9 Å². The molecule has 1 aromatic rings. The summed E-state index contributed by atoms with van der Waals surface area (Å²) in [6.45, 7) is 2.75. The minimum Gasteiger partial charge on any atom is -0.409 e. The number of methoxy groups -OCH3 is 1. The lowest BCUT2D eigenvalue weighted by Gasteiger charge is -2.12. The van der Waals surface area contributed by atoms with Gasteiger partial charge >= 0.3 is 0 Å². The lowest BCUT2D eigenvalue weighted by Crippen LogP contribution is -2.15. The van der Waals surface area contributed by atoms with Crippen LogP contribution in [0.4, 0.5) is 0 Å². The van der Waals surface area contributed by atoms with Crippen LogP contribution in [0.25, 0.3) is 0 Å². The average molecular weight is 286 g/mol. The van der Waals surface area contributed by atoms with E-state index in [0.29, 0.717) is 6.61 Å². The first-order valence-electron chi connectivity index (χ1n) is 5.60. The Morgan fingerprint density at radius 1 is 1.39 bits per heavy atom. The van der Waals surface area contributed by atoms with E-state index in [9.17, 15) is 0 Å². The Labute approximate surface area is 116 Å². The molecule has 100 valence electrons. The monoisotopic (exact) mass is 286 g/mol. The molecular formula is C12H18N2O2S2. The Bertz CT molecular complexity index is 411. The highest BCUT2D eigenvalue weighted by Gasteiger charge is 2.13. The summed E-state index contributed by atoms with van der Waals surface area (Å²) in [4.78, 5) is 2.05. The van der Waals surface area contributed by atoms with Crippen LogP contribution in [0.2, 0.25) is 0 Å². The fraction of sp³-hybridized carbons (Fsp3) is 0.417. The largest absolute Gasteiger partial charge is 0.409 e. The van der Waals surface area contributed by atoms with Gasteiger partial charge in [-0.1, -0.05) is 18.1 Å². The highest BCUT2D eigenvalue weighted by Crippen LogP contribution is 2.31. The lowest BCUT2D eigenvalue weighted by atomic mass is 10.2. The molecule has 0 unspecified atom stereocenters. The van der Waals surface area contributed by atoms with Gasteiger partial charge in [0, 0.05) is 28.2 Å². The van der Waals surface area contributed by atoms with Gasteiger partial charge in [0.25, 0.3) is 0 Å². The fourth-order valence-corrected chi connectivity index (χ4v) is 3.36. The van der Waals surface area contributed by atoms with Gasteiger partial charge in [0.1, 0.15) is 0 Å². The van der Waals surface area contributed by atoms with Crippen LogP contribution in [0.3, 0.4) is 0 Å². The van der Waals surface area contributed by atoms with E-state index < -0.39 is 0 Å². The molecule has 1 aromatic carbocycles. The molecule has 4 nitrogen and oxygen atoms in total. The van der Waals surface area contributed by atoms with Crippen molar-refractivity contribution in [2.24, 2.45) is 10.9 Å². The number of ether oxygens (including phenoxy) is 1. The van der Waals surface area contributed by atoms with Gasteiger partial charge in [0.15, 0.2) is 5.84 Å². The number of nitrogens with two attached hydrogens (primary N) is 1. The molecule has 0 bridgehead atoms. The highest BCUT2D eigenvalue weighted by atomic mass is 32.2. The van der Waals surface area contributed by atoms with E-state index in [2.05, 4.69) is 12.1 Å². The van der Waals surface area contributed by atoms with Crippen molar-refractivity contribution in [3.05, 3.63) is 23.8 Å². The number of rotatable bonds is 7. The zero-order valence-electron chi connectivity index (χ0n) is 10.5. The number of thioether (sulfide) groups is 2. The third-order valence-corrected chi connectivity index (χ3v) is 4.16. The van der Waals surface area contributed by atoms with Gasteiger partial charge < -0.3 is 15.7 Å². The lowest BCUT2D eigenvalue weighted by molar-refractivity contribution is 0.218. The van der Waals surface area contributed by atoms with Gasteiger partial charge in [-0.3, -0.25) is 0 Å². The minimum absolute atomic E-state index is 0.159. The molecule has 0 aliphatic rings. The van der Waals surface area contributed by atoms with Crippen LogP contribution in [0.5, 0.6) is 0 Å². The molecule has 0 radical (unpaired) electrons. The number of hydrogen-bond acceptors (Lipinski definition) is 5. The first-order chi connectivity index (χ1) is 8.74. The summed E-state index contributed by atoms with van der Waals surface area (Å²) in [7, 11) is 1.67. The van der Waals surface area contributed by atoms with Crippen LogP contribution in [-0.4, -0.2) is 36.3 Å². The van der Waals surface area contributed by atoms with E-state index in [1.807, 2.05) is 18.2 Å². The number of nitrogens with zero attached hydrogens (tertiary/aromatic N) is 1. The molecule has 0 aromatic heterocycles. The van der Waals surface area contributed by atoms with E-state index in [-0.39, 0.29) is 5.84 Å². The summed E-state index contributed by atoms with van der Waals surface area (Å²) in [6, 6.07) is 5.95. The molecule has 18 heavy (non-hydrogen) atoms. The van der Waals surface area contributed by atoms with Crippen LogP contribution in [0.1, 0.15) is 12.5 Å². The van der Waals surface area contributed by atoms with Gasteiger partial charge in [-0.15, -0.1) is 23.5 Å². The second-order valence-electron chi connectivity index (χ2n) is 3.39. The maximum Gasteiger partial charge on any atom is 0.172 e. The molecule has 6 heteroatoms. The molecule has 0 aliphatic carbocycles. The van der Waals surface area contributed by atoms with Crippen molar-refractivity contribution < 1.29 is 9.94 Å². The molecule has 0 heterocycles. The first-order valence-corrected chi connectivity index (χ1v) is 7.57. The number of oxime groups is 1. The van der Waals surface area contributed by atoms with Crippen molar-refractivity contribution in [1.82, 2.24) is 0 Å². The molecule has 0 aliphatic heterocycles. The molecule has 0 atom stereocenters. The smallest absolute Gasteiger partial charge is 0.172 e. The molecule has 0 amide bonds. The normalized spacial score (nSPS) is 11.8. The Balaban J connectivity index is 3.03. The SMILES string of the molecule is CCSc1cccc(SCCOC)c1/C(N)=N/O. The topological polar surface area (TPSA) is 67.8 Å². The van der Waals surface area contributed by atoms with Crippen LogP contribution in [0.15, 0.2) is 33.1 Å². The summed E-state index contributed by atoms with van der Waals surface area (Å²) < 4.78 is 5.03. The summed E-state index contributed by atoms with van der Waals surface area (Å²) in [5.74, 6) is 1.94. The van der Waals surface area contributed by atoms with Crippen molar-refractivity contribution in [3.8, 4) is 0 Å². The molecule has 1 rings (SSSR count). The Morgan fingerprint density at radius 2 is 2.06 bits per heavy atom. The van der Waals surface area contributed by atoms with Gasteiger partial charge in [-0.2, -0.15) is 0 Å². The summed E-state index contributed by atoms with van der Waals surface area (Å²) >= 11 is 3.33. The standard InChI is InChI=1S/C12H18N2O2S2/c1-3-17-9-5-4-6-10(18-8-7-16-2)11(9)12(13)14-15/h4-6,15H,3,7-8H2,1-2H3,(H2,13,14). The Hall–Kier alpha value is -0.850. The quantitative estimate of drug-likeness (QED) is 0.201. The third kappa shape index (κ3) is 4.12. The van der Waals surface area contributed by atoms with Gasteiger partial charge in [-0.25, -0.2) is 0 Å². The van der Waals surface area contributed by atoms with Crippen molar-refractivity contribution in [1.29, 1.82) is 0 Å². The maximum atomic E-state index is 8.90. The van der Waals surface area contributed by atoms with Crippen LogP contribution < -0.4 is 5.73 Å². The van der Waals surface area contributed by atoms with E-state index >= 15 is 0 Å². The second kappa shape index (κ2) is 8.29. The van der Waals surface area contributed by atoms with Crippen molar-refractivity contribution >= 4 is 29.4 Å². The van der Waals surface area contributed by atoms with Crippen LogP contribution in [0, 0.1) is 0 Å². The highest BCUT2D eigenvalue weighted by molar-refractivity contribution is 8.00. The first kappa shape index (κ1) is 15.2.